The number of nitrogens with zero attached hydrogens (tertiary/aromatic N) is 3. The van der Waals surface area contributed by atoms with Crippen molar-refractivity contribution in [3.8, 4) is 11.1 Å². The van der Waals surface area contributed by atoms with Crippen molar-refractivity contribution >= 4 is 34.4 Å². The minimum absolute atomic E-state index is 0.0353. The highest BCUT2D eigenvalue weighted by molar-refractivity contribution is 6.02. The van der Waals surface area contributed by atoms with E-state index >= 15 is 0 Å². The number of hydrogen-bond acceptors (Lipinski definition) is 5. The summed E-state index contributed by atoms with van der Waals surface area (Å²) in [5.74, 6) is 0.508. The summed E-state index contributed by atoms with van der Waals surface area (Å²) in [5, 5.41) is 21.1. The van der Waals surface area contributed by atoms with Gasteiger partial charge in [-0.15, -0.1) is 0 Å². The number of aliphatic hydroxyl groups is 1. The van der Waals surface area contributed by atoms with Crippen molar-refractivity contribution in [2.24, 2.45) is 5.92 Å². The zero-order valence-electron chi connectivity index (χ0n) is 19.3. The van der Waals surface area contributed by atoms with Crippen LogP contribution in [0.15, 0.2) is 42.5 Å². The van der Waals surface area contributed by atoms with E-state index < -0.39 is 5.60 Å². The first-order chi connectivity index (χ1) is 16.9. The van der Waals surface area contributed by atoms with Crippen LogP contribution < -0.4 is 5.32 Å². The van der Waals surface area contributed by atoms with E-state index in [-0.39, 0.29) is 23.6 Å². The molecule has 3 fully saturated rings. The number of nitrogens with one attached hydrogen (secondary N) is 2. The van der Waals surface area contributed by atoms with Crippen LogP contribution in [0.25, 0.3) is 22.0 Å². The number of carbonyl (C=O) groups is 3. The van der Waals surface area contributed by atoms with Crippen molar-refractivity contribution in [2.75, 3.05) is 31.5 Å². The third-order valence-corrected chi connectivity index (χ3v) is 7.19. The molecule has 2 saturated carbocycles. The molecule has 3 amide bonds. The standard InChI is InChI=1S/C26H27N5O4/c32-23(17-3-4-17)27-22-20-8-7-19(15-21(20)28-29-22)16-1-5-18(6-2-16)24(33)30-11-13-31(14-12-30)25(34)26(35)9-10-26/h1-2,5-8,15,17,35H,3-4,9-14H2,(H2,27,28,29,32). The number of benzene rings is 2. The summed E-state index contributed by atoms with van der Waals surface area (Å²) in [5.41, 5.74) is 2.13. The topological polar surface area (TPSA) is 119 Å². The molecule has 3 aliphatic rings. The molecule has 35 heavy (non-hydrogen) atoms. The Labute approximate surface area is 202 Å². The Morgan fingerprint density at radius 2 is 1.60 bits per heavy atom. The number of aromatic amines is 1. The van der Waals surface area contributed by atoms with E-state index in [9.17, 15) is 19.5 Å². The van der Waals surface area contributed by atoms with Gasteiger partial charge in [-0.1, -0.05) is 18.2 Å². The first kappa shape index (κ1) is 21.8. The number of piperazine rings is 1. The first-order valence-electron chi connectivity index (χ1n) is 12.1. The predicted octanol–water partition coefficient (Wildman–Crippen LogP) is 2.39. The number of anilines is 1. The van der Waals surface area contributed by atoms with Gasteiger partial charge in [-0.25, -0.2) is 0 Å². The summed E-state index contributed by atoms with van der Waals surface area (Å²) in [6.07, 6.45) is 2.95. The van der Waals surface area contributed by atoms with E-state index in [0.29, 0.717) is 50.4 Å². The van der Waals surface area contributed by atoms with Gasteiger partial charge in [0.1, 0.15) is 11.4 Å². The average Bonchev–Trinajstić information content (AvgIpc) is 3.83. The molecule has 1 aromatic heterocycles. The third kappa shape index (κ3) is 4.16. The number of hydrogen-bond donors (Lipinski definition) is 3. The maximum absolute atomic E-state index is 13.0. The summed E-state index contributed by atoms with van der Waals surface area (Å²) < 4.78 is 0. The van der Waals surface area contributed by atoms with E-state index in [1.54, 1.807) is 9.80 Å². The Balaban J connectivity index is 1.11. The number of rotatable bonds is 5. The molecule has 1 aliphatic heterocycles. The van der Waals surface area contributed by atoms with Crippen LogP contribution in [-0.2, 0) is 9.59 Å². The van der Waals surface area contributed by atoms with Gasteiger partial charge in [0, 0.05) is 43.0 Å². The van der Waals surface area contributed by atoms with Crippen molar-refractivity contribution in [1.82, 2.24) is 20.0 Å². The second-order valence-electron chi connectivity index (χ2n) is 9.79. The second-order valence-corrected chi connectivity index (χ2v) is 9.79. The molecule has 0 atom stereocenters. The quantitative estimate of drug-likeness (QED) is 0.526. The van der Waals surface area contributed by atoms with Crippen LogP contribution in [0, 0.1) is 5.92 Å². The van der Waals surface area contributed by atoms with Crippen molar-refractivity contribution in [2.45, 2.75) is 31.3 Å². The number of amides is 3. The van der Waals surface area contributed by atoms with E-state index in [2.05, 4.69) is 15.5 Å². The molecule has 0 spiro atoms. The van der Waals surface area contributed by atoms with Crippen molar-refractivity contribution < 1.29 is 19.5 Å². The minimum Gasteiger partial charge on any atom is -0.380 e. The molecule has 2 aromatic carbocycles. The summed E-state index contributed by atoms with van der Waals surface area (Å²) >= 11 is 0. The number of H-pyrrole nitrogens is 1. The highest BCUT2D eigenvalue weighted by Gasteiger charge is 2.50. The van der Waals surface area contributed by atoms with Crippen LogP contribution in [0.1, 0.15) is 36.0 Å². The second kappa shape index (κ2) is 8.20. The SMILES string of the molecule is O=C(Nc1[nH]nc2cc(-c3ccc(C(=O)N4CCN(C(=O)C5(O)CC5)CC4)cc3)ccc12)C1CC1. The Kier molecular flexibility index (Phi) is 5.10. The van der Waals surface area contributed by atoms with Gasteiger partial charge >= 0.3 is 0 Å². The molecule has 9 heteroatoms. The molecule has 3 N–H and O–H groups in total. The molecule has 0 radical (unpaired) electrons. The highest BCUT2D eigenvalue weighted by atomic mass is 16.3. The van der Waals surface area contributed by atoms with Gasteiger partial charge in [0.15, 0.2) is 0 Å². The molecule has 6 rings (SSSR count). The van der Waals surface area contributed by atoms with Crippen LogP contribution in [0.3, 0.4) is 0 Å². The van der Waals surface area contributed by atoms with Crippen LogP contribution in [0.4, 0.5) is 5.82 Å². The lowest BCUT2D eigenvalue weighted by atomic mass is 10.0. The summed E-state index contributed by atoms with van der Waals surface area (Å²) in [6, 6.07) is 13.3. The van der Waals surface area contributed by atoms with Gasteiger partial charge < -0.3 is 20.2 Å². The lowest BCUT2D eigenvalue weighted by molar-refractivity contribution is -0.143. The molecule has 2 aliphatic carbocycles. The van der Waals surface area contributed by atoms with Crippen molar-refractivity contribution in [3.05, 3.63) is 48.0 Å². The summed E-state index contributed by atoms with van der Waals surface area (Å²) in [7, 11) is 0. The average molecular weight is 474 g/mol. The molecular formula is C26H27N5O4. The molecular weight excluding hydrogens is 446 g/mol. The van der Waals surface area contributed by atoms with Gasteiger partial charge in [0.2, 0.25) is 5.91 Å². The van der Waals surface area contributed by atoms with Crippen LogP contribution in [0.5, 0.6) is 0 Å². The largest absolute Gasteiger partial charge is 0.380 e. The maximum Gasteiger partial charge on any atom is 0.254 e. The number of aromatic nitrogens is 2. The van der Waals surface area contributed by atoms with Gasteiger partial charge in [-0.2, -0.15) is 5.10 Å². The minimum atomic E-state index is -1.16. The van der Waals surface area contributed by atoms with E-state index in [1.807, 2.05) is 42.5 Å². The van der Waals surface area contributed by atoms with Crippen LogP contribution in [-0.4, -0.2) is 74.6 Å². The molecule has 9 nitrogen and oxygen atoms in total. The Bertz CT molecular complexity index is 1320. The smallest absolute Gasteiger partial charge is 0.254 e. The van der Waals surface area contributed by atoms with Gasteiger partial charge in [0.05, 0.1) is 5.52 Å². The molecule has 3 aromatic rings. The normalized spacial score (nSPS) is 19.0. The summed E-state index contributed by atoms with van der Waals surface area (Å²) in [6.45, 7) is 1.80. The highest BCUT2D eigenvalue weighted by Crippen LogP contribution is 2.37. The van der Waals surface area contributed by atoms with Gasteiger partial charge in [0.25, 0.3) is 11.8 Å². The molecule has 2 heterocycles. The fourth-order valence-electron chi connectivity index (χ4n) is 4.58. The van der Waals surface area contributed by atoms with E-state index in [0.717, 1.165) is 34.9 Å². The molecule has 0 unspecified atom stereocenters. The number of carbonyl (C=O) groups excluding carboxylic acids is 3. The Hall–Kier alpha value is -3.72. The monoisotopic (exact) mass is 473 g/mol. The predicted molar refractivity (Wildman–Crippen MR) is 130 cm³/mol. The Morgan fingerprint density at radius 1 is 0.943 bits per heavy atom. The third-order valence-electron chi connectivity index (χ3n) is 7.19. The molecule has 180 valence electrons. The Morgan fingerprint density at radius 3 is 2.26 bits per heavy atom. The van der Waals surface area contributed by atoms with Gasteiger partial charge in [-0.3, -0.25) is 19.5 Å². The van der Waals surface area contributed by atoms with Crippen LogP contribution >= 0.6 is 0 Å². The lowest BCUT2D eigenvalue weighted by Gasteiger charge is -2.35. The molecule has 0 bridgehead atoms. The van der Waals surface area contributed by atoms with Crippen molar-refractivity contribution in [1.29, 1.82) is 0 Å². The fourth-order valence-corrected chi connectivity index (χ4v) is 4.58. The summed E-state index contributed by atoms with van der Waals surface area (Å²) in [4.78, 5) is 40.8. The first-order valence-corrected chi connectivity index (χ1v) is 12.1. The van der Waals surface area contributed by atoms with Gasteiger partial charge in [-0.05, 0) is 61.1 Å². The zero-order chi connectivity index (χ0) is 24.2. The fraction of sp³-hybridized carbons (Fsp3) is 0.385. The van der Waals surface area contributed by atoms with Crippen molar-refractivity contribution in [3.63, 3.8) is 0 Å². The molecule has 1 saturated heterocycles. The van der Waals surface area contributed by atoms with Crippen LogP contribution in [0.2, 0.25) is 0 Å². The van der Waals surface area contributed by atoms with E-state index in [4.69, 9.17) is 0 Å². The van der Waals surface area contributed by atoms with E-state index in [1.165, 1.54) is 0 Å². The lowest BCUT2D eigenvalue weighted by Crippen LogP contribution is -2.53. The number of fused-ring (bicyclic) bond motifs is 1. The zero-order valence-corrected chi connectivity index (χ0v) is 19.3. The maximum atomic E-state index is 13.0.